The Hall–Kier alpha value is -1.68. The van der Waals surface area contributed by atoms with Gasteiger partial charge in [-0.3, -0.25) is 9.67 Å². The van der Waals surface area contributed by atoms with E-state index in [1.807, 2.05) is 48.6 Å². The van der Waals surface area contributed by atoms with Crippen LogP contribution in [0.15, 0.2) is 36.9 Å². The Labute approximate surface area is 101 Å². The monoisotopic (exact) mass is 230 g/mol. The Balaban J connectivity index is 1.80. The minimum Gasteiger partial charge on any atom is -0.327 e. The van der Waals surface area contributed by atoms with Crippen LogP contribution in [0.1, 0.15) is 17.5 Å². The molecule has 0 fully saturated rings. The Kier molecular flexibility index (Phi) is 3.88. The number of nitrogens with two attached hydrogens (primary N) is 1. The van der Waals surface area contributed by atoms with Crippen molar-refractivity contribution in [2.45, 2.75) is 25.3 Å². The maximum absolute atomic E-state index is 6.11. The second-order valence-electron chi connectivity index (χ2n) is 4.38. The molecule has 4 nitrogen and oxygen atoms in total. The molecular weight excluding hydrogens is 212 g/mol. The van der Waals surface area contributed by atoms with Crippen molar-refractivity contribution in [2.24, 2.45) is 12.8 Å². The molecule has 0 aliphatic rings. The summed E-state index contributed by atoms with van der Waals surface area (Å²) in [6.45, 7) is 0. The molecular formula is C13H18N4. The van der Waals surface area contributed by atoms with Crippen LogP contribution in [-0.4, -0.2) is 20.8 Å². The third-order valence-corrected chi connectivity index (χ3v) is 2.81. The fourth-order valence-electron chi connectivity index (χ4n) is 1.88. The lowest BCUT2D eigenvalue weighted by molar-refractivity contribution is 0.610. The highest BCUT2D eigenvalue weighted by Gasteiger charge is 2.05. The highest BCUT2D eigenvalue weighted by molar-refractivity contribution is 5.11. The summed E-state index contributed by atoms with van der Waals surface area (Å²) in [5, 5.41) is 4.15. The van der Waals surface area contributed by atoms with E-state index in [-0.39, 0.29) is 6.04 Å². The maximum atomic E-state index is 6.11. The summed E-state index contributed by atoms with van der Waals surface area (Å²) in [4.78, 5) is 4.00. The molecule has 0 saturated heterocycles. The van der Waals surface area contributed by atoms with Crippen molar-refractivity contribution in [3.8, 4) is 0 Å². The van der Waals surface area contributed by atoms with E-state index in [4.69, 9.17) is 5.73 Å². The van der Waals surface area contributed by atoms with Gasteiger partial charge in [-0.05, 0) is 42.5 Å². The molecule has 0 radical (unpaired) electrons. The number of rotatable bonds is 5. The predicted molar refractivity (Wildman–Crippen MR) is 67.4 cm³/mol. The minimum atomic E-state index is 0.192. The van der Waals surface area contributed by atoms with E-state index in [0.717, 1.165) is 19.3 Å². The van der Waals surface area contributed by atoms with Gasteiger partial charge in [-0.1, -0.05) is 0 Å². The van der Waals surface area contributed by atoms with Crippen molar-refractivity contribution in [1.29, 1.82) is 0 Å². The van der Waals surface area contributed by atoms with Gasteiger partial charge in [-0.15, -0.1) is 0 Å². The number of aryl methyl sites for hydroxylation is 2. The molecule has 0 spiro atoms. The molecule has 2 aromatic heterocycles. The summed E-state index contributed by atoms with van der Waals surface area (Å²) in [5.41, 5.74) is 8.61. The van der Waals surface area contributed by atoms with Crippen LogP contribution in [0.2, 0.25) is 0 Å². The second-order valence-corrected chi connectivity index (χ2v) is 4.38. The Morgan fingerprint density at radius 2 is 2.06 bits per heavy atom. The van der Waals surface area contributed by atoms with E-state index in [1.54, 1.807) is 0 Å². The van der Waals surface area contributed by atoms with E-state index in [0.29, 0.717) is 0 Å². The zero-order chi connectivity index (χ0) is 12.1. The van der Waals surface area contributed by atoms with Crippen molar-refractivity contribution in [2.75, 3.05) is 0 Å². The molecule has 2 heterocycles. The number of aromatic nitrogens is 3. The molecule has 90 valence electrons. The molecule has 2 N–H and O–H groups in total. The van der Waals surface area contributed by atoms with Gasteiger partial charge in [0.1, 0.15) is 0 Å². The van der Waals surface area contributed by atoms with Gasteiger partial charge in [-0.25, -0.2) is 0 Å². The largest absolute Gasteiger partial charge is 0.327 e. The highest BCUT2D eigenvalue weighted by Crippen LogP contribution is 2.07. The van der Waals surface area contributed by atoms with Gasteiger partial charge in [0, 0.05) is 31.7 Å². The number of pyridine rings is 1. The van der Waals surface area contributed by atoms with Crippen LogP contribution in [0.3, 0.4) is 0 Å². The zero-order valence-corrected chi connectivity index (χ0v) is 10.1. The lowest BCUT2D eigenvalue weighted by Gasteiger charge is -2.10. The third-order valence-electron chi connectivity index (χ3n) is 2.81. The zero-order valence-electron chi connectivity index (χ0n) is 10.1. The second kappa shape index (κ2) is 5.59. The van der Waals surface area contributed by atoms with Gasteiger partial charge < -0.3 is 5.73 Å². The topological polar surface area (TPSA) is 56.7 Å². The molecule has 0 bridgehead atoms. The molecule has 0 aliphatic carbocycles. The van der Waals surface area contributed by atoms with E-state index in [2.05, 4.69) is 10.1 Å². The van der Waals surface area contributed by atoms with Gasteiger partial charge in [-0.2, -0.15) is 5.10 Å². The van der Waals surface area contributed by atoms with Crippen LogP contribution in [0.5, 0.6) is 0 Å². The Bertz CT molecular complexity index is 449. The number of nitrogens with zero attached hydrogens (tertiary/aromatic N) is 3. The molecule has 1 atom stereocenters. The first kappa shape index (κ1) is 11.8. The van der Waals surface area contributed by atoms with Crippen molar-refractivity contribution < 1.29 is 0 Å². The molecule has 4 heteroatoms. The quantitative estimate of drug-likeness (QED) is 0.842. The van der Waals surface area contributed by atoms with Crippen LogP contribution in [-0.2, 0) is 19.9 Å². The lowest BCUT2D eigenvalue weighted by atomic mass is 10.0. The van der Waals surface area contributed by atoms with Crippen molar-refractivity contribution in [1.82, 2.24) is 14.8 Å². The molecule has 0 amide bonds. The Morgan fingerprint density at radius 1 is 1.29 bits per heavy atom. The number of hydrogen-bond acceptors (Lipinski definition) is 3. The molecule has 1 unspecified atom stereocenters. The minimum absolute atomic E-state index is 0.192. The van der Waals surface area contributed by atoms with Crippen LogP contribution in [0.25, 0.3) is 0 Å². The summed E-state index contributed by atoms with van der Waals surface area (Å²) in [6, 6.07) is 4.23. The summed E-state index contributed by atoms with van der Waals surface area (Å²) < 4.78 is 1.82. The van der Waals surface area contributed by atoms with E-state index in [1.165, 1.54) is 11.1 Å². The first-order valence-electron chi connectivity index (χ1n) is 5.86. The first-order chi connectivity index (χ1) is 8.24. The van der Waals surface area contributed by atoms with Crippen molar-refractivity contribution in [3.63, 3.8) is 0 Å². The van der Waals surface area contributed by atoms with Crippen molar-refractivity contribution in [3.05, 3.63) is 48.0 Å². The molecule has 17 heavy (non-hydrogen) atoms. The van der Waals surface area contributed by atoms with E-state index >= 15 is 0 Å². The van der Waals surface area contributed by atoms with Crippen LogP contribution in [0.4, 0.5) is 0 Å². The Morgan fingerprint density at radius 3 is 2.71 bits per heavy atom. The molecule has 2 aromatic rings. The summed E-state index contributed by atoms with van der Waals surface area (Å²) in [6.07, 6.45) is 10.4. The standard InChI is InChI=1S/C13H18N4/c1-17-10-12(9-16-17)2-3-13(14)8-11-4-6-15-7-5-11/h4-7,9-10,13H,2-3,8,14H2,1H3. The summed E-state index contributed by atoms with van der Waals surface area (Å²) in [7, 11) is 1.93. The maximum Gasteiger partial charge on any atom is 0.0521 e. The van der Waals surface area contributed by atoms with E-state index < -0.39 is 0 Å². The summed E-state index contributed by atoms with van der Waals surface area (Å²) in [5.74, 6) is 0. The third kappa shape index (κ3) is 3.67. The van der Waals surface area contributed by atoms with Crippen molar-refractivity contribution >= 4 is 0 Å². The van der Waals surface area contributed by atoms with Crippen LogP contribution in [0, 0.1) is 0 Å². The van der Waals surface area contributed by atoms with Gasteiger partial charge >= 0.3 is 0 Å². The number of hydrogen-bond donors (Lipinski definition) is 1. The van der Waals surface area contributed by atoms with Crippen LogP contribution < -0.4 is 5.73 Å². The molecule has 0 aromatic carbocycles. The molecule has 2 rings (SSSR count). The van der Waals surface area contributed by atoms with E-state index in [9.17, 15) is 0 Å². The van der Waals surface area contributed by atoms with Gasteiger partial charge in [0.05, 0.1) is 6.20 Å². The fraction of sp³-hybridized carbons (Fsp3) is 0.385. The smallest absolute Gasteiger partial charge is 0.0521 e. The normalized spacial score (nSPS) is 12.6. The van der Waals surface area contributed by atoms with Gasteiger partial charge in [0.25, 0.3) is 0 Å². The lowest BCUT2D eigenvalue weighted by Crippen LogP contribution is -2.23. The average molecular weight is 230 g/mol. The van der Waals surface area contributed by atoms with Crippen LogP contribution >= 0.6 is 0 Å². The highest BCUT2D eigenvalue weighted by atomic mass is 15.2. The molecule has 0 saturated carbocycles. The SMILES string of the molecule is Cn1cc(CCC(N)Cc2ccncc2)cn1. The fourth-order valence-corrected chi connectivity index (χ4v) is 1.88. The average Bonchev–Trinajstić information content (AvgIpc) is 2.74. The first-order valence-corrected chi connectivity index (χ1v) is 5.86. The molecule has 0 aliphatic heterocycles. The van der Waals surface area contributed by atoms with Gasteiger partial charge in [0.15, 0.2) is 0 Å². The summed E-state index contributed by atoms with van der Waals surface area (Å²) >= 11 is 0. The predicted octanol–water partition coefficient (Wildman–Crippen LogP) is 1.32. The van der Waals surface area contributed by atoms with Gasteiger partial charge in [0.2, 0.25) is 0 Å².